The Morgan fingerprint density at radius 2 is 1.67 bits per heavy atom. The van der Waals surface area contributed by atoms with Gasteiger partial charge in [-0.15, -0.1) is 0 Å². The predicted octanol–water partition coefficient (Wildman–Crippen LogP) is 4.41. The minimum absolute atomic E-state index is 0.199. The fourth-order valence-corrected chi connectivity index (χ4v) is 2.18. The Bertz CT molecular complexity index is 326. The average Bonchev–Trinajstić information content (AvgIpc) is 2.29. The van der Waals surface area contributed by atoms with E-state index in [4.69, 9.17) is 0 Å². The molecule has 101 valence electrons. The summed E-state index contributed by atoms with van der Waals surface area (Å²) in [7, 11) is 0. The van der Waals surface area contributed by atoms with Crippen LogP contribution in [0.2, 0.25) is 0 Å². The summed E-state index contributed by atoms with van der Waals surface area (Å²) in [4.78, 5) is 2.53. The van der Waals surface area contributed by atoms with Gasteiger partial charge in [0, 0.05) is 6.54 Å². The van der Waals surface area contributed by atoms with Crippen molar-refractivity contribution in [2.45, 2.75) is 59.4 Å². The van der Waals surface area contributed by atoms with Crippen molar-refractivity contribution >= 4 is 0 Å². The van der Waals surface area contributed by atoms with E-state index < -0.39 is 0 Å². The van der Waals surface area contributed by atoms with E-state index >= 15 is 0 Å². The van der Waals surface area contributed by atoms with E-state index in [2.05, 4.69) is 63.8 Å². The Hall–Kier alpha value is -0.820. The van der Waals surface area contributed by atoms with Gasteiger partial charge in [-0.2, -0.15) is 0 Å². The first-order valence-corrected chi connectivity index (χ1v) is 7.20. The van der Waals surface area contributed by atoms with Gasteiger partial charge >= 0.3 is 0 Å². The van der Waals surface area contributed by atoms with Crippen LogP contribution in [0.3, 0.4) is 0 Å². The van der Waals surface area contributed by atoms with Crippen molar-refractivity contribution in [3.05, 3.63) is 35.4 Å². The van der Waals surface area contributed by atoms with Gasteiger partial charge in [-0.25, -0.2) is 0 Å². The molecule has 0 saturated heterocycles. The van der Waals surface area contributed by atoms with Crippen LogP contribution in [0.15, 0.2) is 18.2 Å². The van der Waals surface area contributed by atoms with Gasteiger partial charge in [0.25, 0.3) is 0 Å². The van der Waals surface area contributed by atoms with Crippen LogP contribution < -0.4 is 0 Å². The Morgan fingerprint density at radius 3 is 2.06 bits per heavy atom. The number of benzene rings is 1. The molecule has 1 radical (unpaired) electrons. The summed E-state index contributed by atoms with van der Waals surface area (Å²) in [6, 6.07) is 10.1. The van der Waals surface area contributed by atoms with Crippen LogP contribution in [0.1, 0.15) is 58.6 Å². The molecule has 1 heteroatoms. The minimum atomic E-state index is 0.199. The lowest BCUT2D eigenvalue weighted by molar-refractivity contribution is 0.266. The van der Waals surface area contributed by atoms with Gasteiger partial charge in [0.1, 0.15) is 0 Å². The molecule has 0 aliphatic rings. The molecule has 0 N–H and O–H groups in total. The zero-order valence-corrected chi connectivity index (χ0v) is 12.7. The summed E-state index contributed by atoms with van der Waals surface area (Å²) in [5.41, 5.74) is 2.87. The summed E-state index contributed by atoms with van der Waals surface area (Å²) in [5.74, 6) is 0. The van der Waals surface area contributed by atoms with Gasteiger partial charge in [-0.05, 0) is 54.6 Å². The lowest BCUT2D eigenvalue weighted by Crippen LogP contribution is -2.25. The molecule has 0 atom stereocenters. The molecule has 0 heterocycles. The van der Waals surface area contributed by atoms with Gasteiger partial charge in [-0.3, -0.25) is 4.90 Å². The van der Waals surface area contributed by atoms with Crippen LogP contribution in [-0.4, -0.2) is 18.0 Å². The van der Waals surface area contributed by atoms with Crippen molar-refractivity contribution in [3.63, 3.8) is 0 Å². The molecule has 0 bridgehead atoms. The summed E-state index contributed by atoms with van der Waals surface area (Å²) < 4.78 is 0. The van der Waals surface area contributed by atoms with E-state index in [0.717, 1.165) is 6.54 Å². The molecule has 0 fully saturated rings. The second-order valence-corrected chi connectivity index (χ2v) is 6.14. The second kappa shape index (κ2) is 6.94. The molecule has 1 aromatic rings. The van der Waals surface area contributed by atoms with Crippen LogP contribution >= 0.6 is 0 Å². The normalized spacial score (nSPS) is 12.1. The molecule has 1 aromatic carbocycles. The zero-order valence-electron chi connectivity index (χ0n) is 12.7. The maximum absolute atomic E-state index is 3.44. The molecule has 0 amide bonds. The minimum Gasteiger partial charge on any atom is -0.299 e. The van der Waals surface area contributed by atoms with Crippen LogP contribution in [0.5, 0.6) is 0 Å². The van der Waals surface area contributed by atoms with E-state index in [0.29, 0.717) is 0 Å². The highest BCUT2D eigenvalue weighted by molar-refractivity contribution is 5.26. The Balaban J connectivity index is 2.67. The fourth-order valence-electron chi connectivity index (χ4n) is 2.18. The SMILES string of the molecule is CCCN(CCC)Cc1c[c]c(C(C)(C)C)cc1. The van der Waals surface area contributed by atoms with Gasteiger partial charge in [0.05, 0.1) is 0 Å². The Kier molecular flexibility index (Phi) is 5.87. The molecule has 0 aliphatic carbocycles. The molecule has 0 unspecified atom stereocenters. The van der Waals surface area contributed by atoms with E-state index in [1.807, 2.05) is 0 Å². The monoisotopic (exact) mass is 246 g/mol. The Morgan fingerprint density at radius 1 is 1.06 bits per heavy atom. The topological polar surface area (TPSA) is 3.24 Å². The largest absolute Gasteiger partial charge is 0.299 e. The van der Waals surface area contributed by atoms with Gasteiger partial charge in [-0.1, -0.05) is 46.8 Å². The molecule has 0 aliphatic heterocycles. The standard InChI is InChI=1S/C17H28N/c1-6-12-18(13-7-2)14-15-8-10-16(11-9-15)17(3,4)5/h8-10H,6-7,12-14H2,1-5H3. The van der Waals surface area contributed by atoms with Crippen molar-refractivity contribution in [2.24, 2.45) is 0 Å². The third-order valence-electron chi connectivity index (χ3n) is 3.17. The third kappa shape index (κ3) is 4.81. The summed E-state index contributed by atoms with van der Waals surface area (Å²) in [6.45, 7) is 14.6. The Labute approximate surface area is 113 Å². The van der Waals surface area contributed by atoms with Crippen LogP contribution in [0, 0.1) is 6.07 Å². The highest BCUT2D eigenvalue weighted by Crippen LogP contribution is 2.22. The third-order valence-corrected chi connectivity index (χ3v) is 3.17. The first kappa shape index (κ1) is 15.2. The van der Waals surface area contributed by atoms with Gasteiger partial charge in [0.2, 0.25) is 0 Å². The van der Waals surface area contributed by atoms with E-state index in [1.54, 1.807) is 0 Å². The predicted molar refractivity (Wildman–Crippen MR) is 79.8 cm³/mol. The van der Waals surface area contributed by atoms with Crippen molar-refractivity contribution in [3.8, 4) is 0 Å². The zero-order chi connectivity index (χ0) is 13.6. The lowest BCUT2D eigenvalue weighted by Gasteiger charge is -2.22. The summed E-state index contributed by atoms with van der Waals surface area (Å²) in [6.07, 6.45) is 2.45. The molecule has 0 spiro atoms. The van der Waals surface area contributed by atoms with E-state index in [1.165, 1.54) is 37.1 Å². The molecule has 1 rings (SSSR count). The van der Waals surface area contributed by atoms with Crippen LogP contribution in [-0.2, 0) is 12.0 Å². The van der Waals surface area contributed by atoms with Crippen LogP contribution in [0.25, 0.3) is 0 Å². The average molecular weight is 246 g/mol. The summed E-state index contributed by atoms with van der Waals surface area (Å²) >= 11 is 0. The van der Waals surface area contributed by atoms with E-state index in [9.17, 15) is 0 Å². The smallest absolute Gasteiger partial charge is 0.0233 e. The fraction of sp³-hybridized carbons (Fsp3) is 0.647. The highest BCUT2D eigenvalue weighted by atomic mass is 15.1. The number of hydrogen-bond acceptors (Lipinski definition) is 1. The van der Waals surface area contributed by atoms with Crippen molar-refractivity contribution in [2.75, 3.05) is 13.1 Å². The number of rotatable bonds is 6. The lowest BCUT2D eigenvalue weighted by atomic mass is 9.87. The molecule has 18 heavy (non-hydrogen) atoms. The number of nitrogens with zero attached hydrogens (tertiary/aromatic N) is 1. The first-order valence-electron chi connectivity index (χ1n) is 7.20. The number of hydrogen-bond donors (Lipinski definition) is 0. The van der Waals surface area contributed by atoms with Gasteiger partial charge < -0.3 is 0 Å². The second-order valence-electron chi connectivity index (χ2n) is 6.14. The maximum atomic E-state index is 3.44. The molecular weight excluding hydrogens is 218 g/mol. The molecule has 1 nitrogen and oxygen atoms in total. The quantitative estimate of drug-likeness (QED) is 0.719. The first-order chi connectivity index (χ1) is 8.47. The van der Waals surface area contributed by atoms with Gasteiger partial charge in [0.15, 0.2) is 0 Å². The summed E-state index contributed by atoms with van der Waals surface area (Å²) in [5, 5.41) is 0. The van der Waals surface area contributed by atoms with Crippen LogP contribution in [0.4, 0.5) is 0 Å². The molecular formula is C17H28N. The maximum Gasteiger partial charge on any atom is 0.0233 e. The molecule has 0 saturated carbocycles. The van der Waals surface area contributed by atoms with Crippen molar-refractivity contribution in [1.29, 1.82) is 0 Å². The van der Waals surface area contributed by atoms with E-state index in [-0.39, 0.29) is 5.41 Å². The molecule has 0 aromatic heterocycles. The van der Waals surface area contributed by atoms with Crippen molar-refractivity contribution in [1.82, 2.24) is 4.90 Å². The highest BCUT2D eigenvalue weighted by Gasteiger charge is 2.13. The van der Waals surface area contributed by atoms with Crippen molar-refractivity contribution < 1.29 is 0 Å².